The number of hydrogen-bond donors (Lipinski definition) is 0. The summed E-state index contributed by atoms with van der Waals surface area (Å²) in [7, 11) is -11.4. The molecule has 0 aromatic carbocycles. The van der Waals surface area contributed by atoms with Crippen molar-refractivity contribution in [2.45, 2.75) is 79.6 Å². The van der Waals surface area contributed by atoms with Gasteiger partial charge in [-0.2, -0.15) is 26.3 Å². The minimum atomic E-state index is -6.08. The van der Waals surface area contributed by atoms with Crippen LogP contribution in [0.15, 0.2) is 16.4 Å². The van der Waals surface area contributed by atoms with Crippen molar-refractivity contribution < 1.29 is 47.7 Å². The lowest BCUT2D eigenvalue weighted by atomic mass is 10.1. The zero-order valence-electron chi connectivity index (χ0n) is 15.8. The number of aromatic nitrogens is 2. The molecule has 0 aliphatic carbocycles. The Morgan fingerprint density at radius 1 is 0.828 bits per heavy atom. The molecular weight excluding hydrogens is 450 g/mol. The number of halogens is 6. The molecule has 0 amide bonds. The van der Waals surface area contributed by atoms with Crippen LogP contribution in [0.3, 0.4) is 0 Å². The van der Waals surface area contributed by atoms with E-state index in [0.717, 1.165) is 32.7 Å². The molecule has 0 saturated carbocycles. The van der Waals surface area contributed by atoms with E-state index in [1.807, 2.05) is 6.92 Å². The summed E-state index contributed by atoms with van der Waals surface area (Å²) in [6.45, 7) is 1.38. The van der Waals surface area contributed by atoms with Gasteiger partial charge in [0.15, 0.2) is 6.20 Å². The number of unbranched alkanes of at least 4 members (excludes halogenated alkanes) is 6. The predicted octanol–water partition coefficient (Wildman–Crippen LogP) is 3.65. The largest absolute Gasteiger partial charge is 0.509 e. The van der Waals surface area contributed by atoms with Crippen LogP contribution in [0.2, 0.25) is 0 Å². The first-order valence-electron chi connectivity index (χ1n) is 8.81. The Kier molecular flexibility index (Phi) is 8.19. The Labute approximate surface area is 165 Å². The van der Waals surface area contributed by atoms with Gasteiger partial charge in [0.25, 0.3) is 5.03 Å². The van der Waals surface area contributed by atoms with Crippen molar-refractivity contribution in [3.63, 3.8) is 0 Å². The second kappa shape index (κ2) is 9.23. The summed E-state index contributed by atoms with van der Waals surface area (Å²) in [6, 6.07) is 0. The van der Waals surface area contributed by atoms with Crippen molar-refractivity contribution in [3.8, 4) is 0 Å². The zero-order valence-corrected chi connectivity index (χ0v) is 17.5. The van der Waals surface area contributed by atoms with E-state index >= 15 is 0 Å². The summed E-state index contributed by atoms with van der Waals surface area (Å²) in [5.74, 6) is 0. The normalized spacial score (nSPS) is 13.8. The van der Waals surface area contributed by atoms with Crippen molar-refractivity contribution in [1.29, 1.82) is 0 Å². The number of rotatable bonds is 10. The van der Waals surface area contributed by atoms with Crippen LogP contribution in [-0.2, 0) is 33.3 Å². The highest BCUT2D eigenvalue weighted by atomic mass is 32.2. The lowest BCUT2D eigenvalue weighted by Crippen LogP contribution is -2.39. The number of imidazole rings is 1. The first-order chi connectivity index (χ1) is 13.1. The molecular formula is C15H23F6N2O4S2+. The Bertz CT molecular complexity index is 902. The smallest absolute Gasteiger partial charge is 0.221 e. The third kappa shape index (κ3) is 5.64. The predicted molar refractivity (Wildman–Crippen MR) is 90.1 cm³/mol. The molecule has 1 aromatic rings. The summed E-state index contributed by atoms with van der Waals surface area (Å²) in [5, 5.41) is -3.10. The summed E-state index contributed by atoms with van der Waals surface area (Å²) < 4.78 is 125. The quantitative estimate of drug-likeness (QED) is 0.295. The number of nitrogens with zero attached hydrogens (tertiary/aromatic N) is 2. The summed E-state index contributed by atoms with van der Waals surface area (Å²) in [4.78, 5) is 0. The molecule has 0 bridgehead atoms. The van der Waals surface area contributed by atoms with Crippen molar-refractivity contribution >= 4 is 19.7 Å². The van der Waals surface area contributed by atoms with Gasteiger partial charge in [0.1, 0.15) is 0 Å². The van der Waals surface area contributed by atoms with E-state index in [1.165, 1.54) is 0 Å². The standard InChI is InChI=1S/C15H23F6N2O4S2/c1-3-4-5-6-7-8-9-10-23-12(28(24,25)14(16,17)18)11-22(2)13(23)29(26,27)15(19,20)21/h11H,3-10H2,1-2H3/q+1. The lowest BCUT2D eigenvalue weighted by Gasteiger charge is -2.10. The second-order valence-corrected chi connectivity index (χ2v) is 10.3. The first-order valence-corrected chi connectivity index (χ1v) is 11.8. The van der Waals surface area contributed by atoms with Gasteiger partial charge in [0.05, 0.1) is 13.6 Å². The van der Waals surface area contributed by atoms with Gasteiger partial charge in [-0.15, -0.1) is 0 Å². The Hall–Kier alpha value is -1.31. The second-order valence-electron chi connectivity index (χ2n) is 6.53. The van der Waals surface area contributed by atoms with Gasteiger partial charge in [-0.3, -0.25) is 0 Å². The average Bonchev–Trinajstić information content (AvgIpc) is 2.89. The zero-order chi connectivity index (χ0) is 22.7. The molecule has 0 atom stereocenters. The topological polar surface area (TPSA) is 77.1 Å². The summed E-state index contributed by atoms with van der Waals surface area (Å²) >= 11 is 0. The molecule has 170 valence electrons. The van der Waals surface area contributed by atoms with Crippen LogP contribution in [0.5, 0.6) is 0 Å². The van der Waals surface area contributed by atoms with E-state index in [-0.39, 0.29) is 21.8 Å². The fourth-order valence-corrected chi connectivity index (χ4v) is 4.96. The molecule has 1 rings (SSSR count). The number of alkyl halides is 6. The van der Waals surface area contributed by atoms with Gasteiger partial charge in [0.2, 0.25) is 0 Å². The van der Waals surface area contributed by atoms with Gasteiger partial charge in [-0.05, 0) is 12.8 Å². The van der Waals surface area contributed by atoms with E-state index in [1.54, 1.807) is 0 Å². The van der Waals surface area contributed by atoms with Gasteiger partial charge >= 0.3 is 35.8 Å². The highest BCUT2D eigenvalue weighted by molar-refractivity contribution is 7.92. The maximum Gasteiger partial charge on any atom is 0.509 e. The van der Waals surface area contributed by atoms with Crippen molar-refractivity contribution in [3.05, 3.63) is 6.20 Å². The first kappa shape index (κ1) is 25.7. The van der Waals surface area contributed by atoms with E-state index in [4.69, 9.17) is 0 Å². The van der Waals surface area contributed by atoms with Gasteiger partial charge < -0.3 is 0 Å². The van der Waals surface area contributed by atoms with E-state index in [2.05, 4.69) is 0 Å². The van der Waals surface area contributed by atoms with Crippen molar-refractivity contribution in [2.24, 2.45) is 7.05 Å². The Balaban J connectivity index is 3.35. The molecule has 0 N–H and O–H groups in total. The molecule has 0 spiro atoms. The number of sulfone groups is 2. The van der Waals surface area contributed by atoms with Crippen LogP contribution >= 0.6 is 0 Å². The third-order valence-electron chi connectivity index (χ3n) is 4.21. The Morgan fingerprint density at radius 2 is 1.28 bits per heavy atom. The molecule has 0 fully saturated rings. The molecule has 1 heterocycles. The van der Waals surface area contributed by atoms with Crippen LogP contribution in [-0.4, -0.2) is 32.4 Å². The van der Waals surface area contributed by atoms with Gasteiger partial charge in [-0.1, -0.05) is 39.0 Å². The van der Waals surface area contributed by atoms with Crippen LogP contribution < -0.4 is 4.57 Å². The summed E-state index contributed by atoms with van der Waals surface area (Å²) in [6.07, 6.45) is 4.96. The molecule has 0 unspecified atom stereocenters. The fourth-order valence-electron chi connectivity index (χ4n) is 2.78. The minimum absolute atomic E-state index is 0.0154. The number of aryl methyl sites for hydroxylation is 1. The minimum Gasteiger partial charge on any atom is -0.221 e. The van der Waals surface area contributed by atoms with Gasteiger partial charge in [0, 0.05) is 0 Å². The Morgan fingerprint density at radius 3 is 1.72 bits per heavy atom. The molecule has 0 aliphatic rings. The molecule has 0 saturated heterocycles. The molecule has 0 aliphatic heterocycles. The monoisotopic (exact) mass is 473 g/mol. The molecule has 6 nitrogen and oxygen atoms in total. The van der Waals surface area contributed by atoms with E-state index < -0.39 is 47.4 Å². The van der Waals surface area contributed by atoms with Crippen LogP contribution in [0, 0.1) is 0 Å². The van der Waals surface area contributed by atoms with Crippen molar-refractivity contribution in [2.75, 3.05) is 0 Å². The maximum atomic E-state index is 13.0. The van der Waals surface area contributed by atoms with E-state index in [9.17, 15) is 43.2 Å². The number of hydrogen-bond acceptors (Lipinski definition) is 4. The molecule has 0 radical (unpaired) electrons. The van der Waals surface area contributed by atoms with E-state index in [0.29, 0.717) is 12.8 Å². The summed E-state index contributed by atoms with van der Waals surface area (Å²) in [5.41, 5.74) is -11.6. The average molecular weight is 473 g/mol. The fraction of sp³-hybridized carbons (Fsp3) is 0.800. The third-order valence-corrected chi connectivity index (χ3v) is 7.30. The molecule has 29 heavy (non-hydrogen) atoms. The van der Waals surface area contributed by atoms with Gasteiger partial charge in [-0.25, -0.2) is 26.0 Å². The SMILES string of the molecule is CCCCCCCCCn1c(S(=O)(=O)C(F)(F)F)c[n+](C)c1S(=O)(=O)C(F)(F)F. The maximum absolute atomic E-state index is 13.0. The lowest BCUT2D eigenvalue weighted by molar-refractivity contribution is -0.711. The van der Waals surface area contributed by atoms with Crippen molar-refractivity contribution in [1.82, 2.24) is 4.57 Å². The highest BCUT2D eigenvalue weighted by Crippen LogP contribution is 2.34. The van der Waals surface area contributed by atoms with Crippen LogP contribution in [0.1, 0.15) is 51.9 Å². The molecule has 14 heteroatoms. The highest BCUT2D eigenvalue weighted by Gasteiger charge is 2.58. The molecule has 1 aromatic heterocycles. The van der Waals surface area contributed by atoms with Crippen LogP contribution in [0.4, 0.5) is 26.3 Å². The van der Waals surface area contributed by atoms with Crippen LogP contribution in [0.25, 0.3) is 0 Å².